The second-order valence-corrected chi connectivity index (χ2v) is 7.96. The Labute approximate surface area is 180 Å². The van der Waals surface area contributed by atoms with Gasteiger partial charge < -0.3 is 19.8 Å². The fourth-order valence-electron chi connectivity index (χ4n) is 3.04. The van der Waals surface area contributed by atoms with Crippen LogP contribution in [0.2, 0.25) is 0 Å². The summed E-state index contributed by atoms with van der Waals surface area (Å²) in [6.07, 6.45) is 0. The molecular weight excluding hydrogens is 424 g/mol. The summed E-state index contributed by atoms with van der Waals surface area (Å²) in [5.41, 5.74) is 1.46. The third kappa shape index (κ3) is 4.38. The highest BCUT2D eigenvalue weighted by molar-refractivity contribution is 7.17. The molecule has 0 aliphatic carbocycles. The average Bonchev–Trinajstić information content (AvgIpc) is 3.29. The van der Waals surface area contributed by atoms with Gasteiger partial charge in [-0.25, -0.2) is 14.6 Å². The predicted octanol–water partition coefficient (Wildman–Crippen LogP) is 2.15. The first-order chi connectivity index (χ1) is 14.8. The number of amides is 3. The molecule has 0 unspecified atom stereocenters. The van der Waals surface area contributed by atoms with Gasteiger partial charge in [-0.15, -0.1) is 0 Å². The monoisotopic (exact) mass is 442 g/mol. The van der Waals surface area contributed by atoms with Crippen molar-refractivity contribution in [3.8, 4) is 11.4 Å². The molecule has 1 saturated heterocycles. The van der Waals surface area contributed by atoms with E-state index in [4.69, 9.17) is 9.63 Å². The molecule has 3 N–H and O–H groups in total. The van der Waals surface area contributed by atoms with E-state index >= 15 is 0 Å². The minimum Gasteiger partial charge on any atom is -0.477 e. The maximum absolute atomic E-state index is 12.5. The van der Waals surface area contributed by atoms with Crippen molar-refractivity contribution in [3.63, 3.8) is 0 Å². The molecule has 160 valence electrons. The number of nitrogens with zero attached hydrogens (tertiary/aromatic N) is 4. The Bertz CT molecular complexity index is 1170. The molecule has 11 nitrogen and oxygen atoms in total. The molecule has 1 aliphatic rings. The van der Waals surface area contributed by atoms with Crippen LogP contribution < -0.4 is 10.6 Å². The van der Waals surface area contributed by atoms with E-state index in [2.05, 4.69) is 25.8 Å². The Morgan fingerprint density at radius 2 is 2.00 bits per heavy atom. The van der Waals surface area contributed by atoms with E-state index in [1.165, 1.54) is 4.90 Å². The number of hydrogen-bond donors (Lipinski definition) is 3. The van der Waals surface area contributed by atoms with Crippen molar-refractivity contribution >= 4 is 34.4 Å². The molecule has 0 saturated carbocycles. The summed E-state index contributed by atoms with van der Waals surface area (Å²) in [6.45, 7) is 3.92. The van der Waals surface area contributed by atoms with Gasteiger partial charge in [0.15, 0.2) is 5.13 Å². The van der Waals surface area contributed by atoms with Gasteiger partial charge in [0.05, 0.1) is 11.7 Å². The van der Waals surface area contributed by atoms with Gasteiger partial charge in [-0.3, -0.25) is 10.1 Å². The van der Waals surface area contributed by atoms with Gasteiger partial charge in [-0.2, -0.15) is 4.98 Å². The van der Waals surface area contributed by atoms with Crippen molar-refractivity contribution < 1.29 is 24.0 Å². The quantitative estimate of drug-likeness (QED) is 0.544. The van der Waals surface area contributed by atoms with Gasteiger partial charge in [0.25, 0.3) is 5.91 Å². The van der Waals surface area contributed by atoms with Crippen LogP contribution in [-0.2, 0) is 0 Å². The van der Waals surface area contributed by atoms with Gasteiger partial charge in [0.2, 0.25) is 11.7 Å². The largest absolute Gasteiger partial charge is 0.477 e. The summed E-state index contributed by atoms with van der Waals surface area (Å²) in [5.74, 6) is -0.513. The number of carbonyl (C=O) groups excluding carboxylic acids is 2. The smallest absolute Gasteiger partial charge is 0.347 e. The van der Waals surface area contributed by atoms with E-state index in [-0.39, 0.29) is 22.0 Å². The zero-order valence-electron chi connectivity index (χ0n) is 16.6. The van der Waals surface area contributed by atoms with Crippen LogP contribution in [0.1, 0.15) is 31.6 Å². The molecule has 2 aromatic heterocycles. The first-order valence-corrected chi connectivity index (χ1v) is 10.1. The fraction of sp³-hybridized carbons (Fsp3) is 0.263. The molecule has 3 heterocycles. The lowest BCUT2D eigenvalue weighted by molar-refractivity contribution is 0.0700. The van der Waals surface area contributed by atoms with E-state index in [0.717, 1.165) is 11.3 Å². The van der Waals surface area contributed by atoms with E-state index in [0.29, 0.717) is 41.6 Å². The number of urea groups is 1. The van der Waals surface area contributed by atoms with Crippen LogP contribution in [-0.4, -0.2) is 62.2 Å². The molecule has 1 aromatic carbocycles. The van der Waals surface area contributed by atoms with E-state index in [9.17, 15) is 14.4 Å². The SMILES string of the molecule is Cc1nc(-c2cccc(C(=O)NC3CN(C(=O)Nc4nc(C)c(C(=O)O)s4)C3)c2)no1. The van der Waals surface area contributed by atoms with Crippen LogP contribution in [0.15, 0.2) is 28.8 Å². The van der Waals surface area contributed by atoms with Crippen LogP contribution in [0.3, 0.4) is 0 Å². The maximum Gasteiger partial charge on any atom is 0.347 e. The molecule has 0 spiro atoms. The lowest BCUT2D eigenvalue weighted by Gasteiger charge is -2.39. The summed E-state index contributed by atoms with van der Waals surface area (Å²) in [5, 5.41) is 18.6. The molecule has 31 heavy (non-hydrogen) atoms. The van der Waals surface area contributed by atoms with Crippen molar-refractivity contribution in [1.29, 1.82) is 0 Å². The maximum atomic E-state index is 12.5. The van der Waals surface area contributed by atoms with Crippen LogP contribution in [0, 0.1) is 13.8 Å². The van der Waals surface area contributed by atoms with E-state index < -0.39 is 12.0 Å². The van der Waals surface area contributed by atoms with E-state index in [1.807, 2.05) is 0 Å². The first kappa shape index (κ1) is 20.5. The normalized spacial score (nSPS) is 13.5. The highest BCUT2D eigenvalue weighted by atomic mass is 32.1. The third-order valence-electron chi connectivity index (χ3n) is 4.62. The van der Waals surface area contributed by atoms with Crippen molar-refractivity contribution in [3.05, 3.63) is 46.3 Å². The Balaban J connectivity index is 1.31. The number of rotatable bonds is 5. The lowest BCUT2D eigenvalue weighted by atomic mass is 10.1. The number of nitrogens with one attached hydrogen (secondary N) is 2. The summed E-state index contributed by atoms with van der Waals surface area (Å²) in [4.78, 5) is 45.7. The first-order valence-electron chi connectivity index (χ1n) is 9.28. The predicted molar refractivity (Wildman–Crippen MR) is 110 cm³/mol. The number of thiazole rings is 1. The Hall–Kier alpha value is -3.80. The van der Waals surface area contributed by atoms with Gasteiger partial charge in [0.1, 0.15) is 4.88 Å². The molecule has 1 aliphatic heterocycles. The molecular formula is C19H18N6O5S. The third-order valence-corrected chi connectivity index (χ3v) is 5.68. The molecule has 3 aromatic rings. The highest BCUT2D eigenvalue weighted by Gasteiger charge is 2.32. The molecule has 0 radical (unpaired) electrons. The number of aromatic nitrogens is 3. The Kier molecular flexibility index (Phi) is 5.38. The van der Waals surface area contributed by atoms with Gasteiger partial charge in [-0.1, -0.05) is 28.6 Å². The minimum atomic E-state index is -1.08. The number of carboxylic acid groups (broad SMARTS) is 1. The lowest BCUT2D eigenvalue weighted by Crippen LogP contribution is -2.61. The molecule has 0 atom stereocenters. The molecule has 3 amide bonds. The molecule has 4 rings (SSSR count). The van der Waals surface area contributed by atoms with Crippen LogP contribution in [0.25, 0.3) is 11.4 Å². The van der Waals surface area contributed by atoms with Gasteiger partial charge >= 0.3 is 12.0 Å². The van der Waals surface area contributed by atoms with Gasteiger partial charge in [0, 0.05) is 31.1 Å². The van der Waals surface area contributed by atoms with Crippen LogP contribution >= 0.6 is 11.3 Å². The van der Waals surface area contributed by atoms with E-state index in [1.54, 1.807) is 38.1 Å². The van der Waals surface area contributed by atoms with Gasteiger partial charge in [-0.05, 0) is 19.1 Å². The summed E-state index contributed by atoms with van der Waals surface area (Å²) < 4.78 is 4.97. The zero-order chi connectivity index (χ0) is 22.1. The number of anilines is 1. The number of benzene rings is 1. The van der Waals surface area contributed by atoms with Crippen LogP contribution in [0.4, 0.5) is 9.93 Å². The summed E-state index contributed by atoms with van der Waals surface area (Å²) >= 11 is 0.902. The topological polar surface area (TPSA) is 151 Å². The minimum absolute atomic E-state index is 0.0854. The van der Waals surface area contributed by atoms with Crippen molar-refractivity contribution in [2.24, 2.45) is 0 Å². The Morgan fingerprint density at radius 3 is 2.65 bits per heavy atom. The second kappa shape index (κ2) is 8.14. The Morgan fingerprint density at radius 1 is 1.23 bits per heavy atom. The van der Waals surface area contributed by atoms with Crippen molar-refractivity contribution in [2.45, 2.75) is 19.9 Å². The second-order valence-electron chi connectivity index (χ2n) is 6.96. The average molecular weight is 442 g/mol. The number of hydrogen-bond acceptors (Lipinski definition) is 8. The number of aromatic carboxylic acids is 1. The summed E-state index contributed by atoms with van der Waals surface area (Å²) in [6, 6.07) is 6.28. The standard InChI is InChI=1S/C19H18N6O5S/c1-9-14(17(27)28)31-18(20-9)23-19(29)25-7-13(8-25)22-16(26)12-5-3-4-11(6-12)15-21-10(2)30-24-15/h3-6,13H,7-8H2,1-2H3,(H,22,26)(H,27,28)(H,20,23,29). The number of likely N-dealkylation sites (tertiary alicyclic amines) is 1. The molecule has 0 bridgehead atoms. The van der Waals surface area contributed by atoms with Crippen LogP contribution in [0.5, 0.6) is 0 Å². The number of aryl methyl sites for hydroxylation is 2. The highest BCUT2D eigenvalue weighted by Crippen LogP contribution is 2.23. The summed E-state index contributed by atoms with van der Waals surface area (Å²) in [7, 11) is 0. The fourth-order valence-corrected chi connectivity index (χ4v) is 3.83. The number of carboxylic acids is 1. The van der Waals surface area contributed by atoms with Crippen molar-refractivity contribution in [1.82, 2.24) is 25.3 Å². The molecule has 12 heteroatoms. The van der Waals surface area contributed by atoms with Crippen molar-refractivity contribution in [2.75, 3.05) is 18.4 Å². The zero-order valence-corrected chi connectivity index (χ0v) is 17.4. The number of carbonyl (C=O) groups is 3. The molecule has 1 fully saturated rings.